The summed E-state index contributed by atoms with van der Waals surface area (Å²) < 4.78 is 5.44. The zero-order chi connectivity index (χ0) is 18.0. The largest absolute Gasteiger partial charge is 0.444 e. The van der Waals surface area contributed by atoms with Crippen LogP contribution < -0.4 is 5.32 Å². The summed E-state index contributed by atoms with van der Waals surface area (Å²) in [6.07, 6.45) is 4.26. The third-order valence-electron chi connectivity index (χ3n) is 4.95. The van der Waals surface area contributed by atoms with E-state index in [0.29, 0.717) is 32.2 Å². The summed E-state index contributed by atoms with van der Waals surface area (Å²) in [5.41, 5.74) is -1.35. The van der Waals surface area contributed by atoms with Crippen LogP contribution in [-0.4, -0.2) is 41.1 Å². The zero-order valence-corrected chi connectivity index (χ0v) is 15.2. The molecule has 6 heteroatoms. The van der Waals surface area contributed by atoms with Crippen LogP contribution >= 0.6 is 0 Å². The Morgan fingerprint density at radius 3 is 2.42 bits per heavy atom. The van der Waals surface area contributed by atoms with Crippen molar-refractivity contribution in [1.29, 1.82) is 5.26 Å². The average Bonchev–Trinajstić information content (AvgIpc) is 2.95. The van der Waals surface area contributed by atoms with Crippen molar-refractivity contribution in [2.45, 2.75) is 83.9 Å². The van der Waals surface area contributed by atoms with Gasteiger partial charge in [-0.15, -0.1) is 0 Å². The number of rotatable bonds is 2. The fourth-order valence-electron chi connectivity index (χ4n) is 3.59. The zero-order valence-electron chi connectivity index (χ0n) is 15.2. The first-order valence-corrected chi connectivity index (χ1v) is 8.89. The van der Waals surface area contributed by atoms with E-state index in [1.165, 1.54) is 0 Å². The van der Waals surface area contributed by atoms with Gasteiger partial charge in [-0.1, -0.05) is 12.8 Å². The molecule has 0 spiro atoms. The van der Waals surface area contributed by atoms with Gasteiger partial charge < -0.3 is 15.0 Å². The summed E-state index contributed by atoms with van der Waals surface area (Å²) in [7, 11) is 0. The lowest BCUT2D eigenvalue weighted by atomic mass is 9.86. The summed E-state index contributed by atoms with van der Waals surface area (Å²) in [6, 6.07) is 2.25. The van der Waals surface area contributed by atoms with E-state index >= 15 is 0 Å². The van der Waals surface area contributed by atoms with Crippen molar-refractivity contribution in [3.05, 3.63) is 0 Å². The second-order valence-electron chi connectivity index (χ2n) is 8.12. The number of likely N-dealkylation sites (tertiary alicyclic amines) is 1. The van der Waals surface area contributed by atoms with E-state index in [1.54, 1.807) is 4.90 Å². The summed E-state index contributed by atoms with van der Waals surface area (Å²) >= 11 is 0. The SMILES string of the molecule is C[C@@H]1C[C@@H](NC(=O)C2(C#N)CCCC2)CCN1C(=O)OC(C)(C)C. The van der Waals surface area contributed by atoms with Crippen LogP contribution in [0.3, 0.4) is 0 Å². The van der Waals surface area contributed by atoms with Crippen molar-refractivity contribution in [3.63, 3.8) is 0 Å². The highest BCUT2D eigenvalue weighted by Crippen LogP contribution is 2.38. The second kappa shape index (κ2) is 7.00. The van der Waals surface area contributed by atoms with Crippen molar-refractivity contribution >= 4 is 12.0 Å². The van der Waals surface area contributed by atoms with Crippen LogP contribution in [0, 0.1) is 16.7 Å². The molecule has 1 saturated heterocycles. The Hall–Kier alpha value is -1.77. The Balaban J connectivity index is 1.90. The van der Waals surface area contributed by atoms with E-state index in [9.17, 15) is 14.9 Å². The van der Waals surface area contributed by atoms with E-state index < -0.39 is 11.0 Å². The highest BCUT2D eigenvalue weighted by Gasteiger charge is 2.43. The molecule has 2 amide bonds. The molecule has 0 aromatic rings. The molecule has 1 aliphatic carbocycles. The van der Waals surface area contributed by atoms with Crippen LogP contribution in [0.5, 0.6) is 0 Å². The molecule has 0 aromatic heterocycles. The molecule has 134 valence electrons. The first-order valence-electron chi connectivity index (χ1n) is 8.89. The number of ether oxygens (including phenoxy) is 1. The molecule has 2 rings (SSSR count). The summed E-state index contributed by atoms with van der Waals surface area (Å²) in [4.78, 5) is 26.5. The number of carbonyl (C=O) groups is 2. The lowest BCUT2D eigenvalue weighted by Gasteiger charge is -2.39. The number of amides is 2. The fraction of sp³-hybridized carbons (Fsp3) is 0.833. The van der Waals surface area contributed by atoms with Gasteiger partial charge in [0.25, 0.3) is 0 Å². The molecule has 1 N–H and O–H groups in total. The van der Waals surface area contributed by atoms with E-state index in [-0.39, 0.29) is 24.1 Å². The van der Waals surface area contributed by atoms with Gasteiger partial charge in [0, 0.05) is 18.6 Å². The molecule has 24 heavy (non-hydrogen) atoms. The van der Waals surface area contributed by atoms with E-state index in [0.717, 1.165) is 12.8 Å². The van der Waals surface area contributed by atoms with Crippen LogP contribution in [0.15, 0.2) is 0 Å². The van der Waals surface area contributed by atoms with Crippen molar-refractivity contribution in [1.82, 2.24) is 10.2 Å². The normalized spacial score (nSPS) is 26.5. The molecule has 2 aliphatic rings. The van der Waals surface area contributed by atoms with Crippen LogP contribution in [0.2, 0.25) is 0 Å². The third kappa shape index (κ3) is 4.19. The smallest absolute Gasteiger partial charge is 0.410 e. The van der Waals surface area contributed by atoms with Gasteiger partial charge in [0.05, 0.1) is 6.07 Å². The van der Waals surface area contributed by atoms with Gasteiger partial charge in [-0.05, 0) is 53.4 Å². The molecule has 0 radical (unpaired) electrons. The van der Waals surface area contributed by atoms with E-state index in [1.807, 2.05) is 27.7 Å². The molecule has 2 fully saturated rings. The van der Waals surface area contributed by atoms with Gasteiger partial charge in [0.2, 0.25) is 5.91 Å². The standard InChI is InChI=1S/C18H29N3O3/c1-13-11-14(7-10-21(13)16(23)24-17(2,3)4)20-15(22)18(12-19)8-5-6-9-18/h13-14H,5-11H2,1-4H3,(H,20,22)/t13-,14+/m1/s1. The molecule has 2 atom stereocenters. The van der Waals surface area contributed by atoms with Gasteiger partial charge in [0.15, 0.2) is 0 Å². The minimum Gasteiger partial charge on any atom is -0.444 e. The second-order valence-corrected chi connectivity index (χ2v) is 8.12. The minimum atomic E-state index is -0.842. The quantitative estimate of drug-likeness (QED) is 0.841. The van der Waals surface area contributed by atoms with Crippen LogP contribution in [0.1, 0.15) is 66.2 Å². The maximum absolute atomic E-state index is 12.5. The van der Waals surface area contributed by atoms with Crippen molar-refractivity contribution in [2.24, 2.45) is 5.41 Å². The highest BCUT2D eigenvalue weighted by atomic mass is 16.6. The molecule has 1 saturated carbocycles. The molecule has 1 aliphatic heterocycles. The maximum atomic E-state index is 12.5. The Morgan fingerprint density at radius 1 is 1.29 bits per heavy atom. The number of nitrogens with one attached hydrogen (secondary N) is 1. The Morgan fingerprint density at radius 2 is 1.92 bits per heavy atom. The Kier molecular flexibility index (Phi) is 5.42. The molecule has 0 unspecified atom stereocenters. The number of hydrogen-bond acceptors (Lipinski definition) is 4. The molecule has 0 bridgehead atoms. The fourth-order valence-corrected chi connectivity index (χ4v) is 3.59. The van der Waals surface area contributed by atoms with E-state index in [2.05, 4.69) is 11.4 Å². The number of piperidine rings is 1. The number of nitrogens with zero attached hydrogens (tertiary/aromatic N) is 2. The summed E-state index contributed by atoms with van der Waals surface area (Å²) in [6.45, 7) is 8.08. The molecule has 6 nitrogen and oxygen atoms in total. The topological polar surface area (TPSA) is 82.4 Å². The first kappa shape index (κ1) is 18.6. The molecule has 0 aromatic carbocycles. The van der Waals surface area contributed by atoms with Gasteiger partial charge in [-0.25, -0.2) is 4.79 Å². The first-order chi connectivity index (χ1) is 11.2. The summed E-state index contributed by atoms with van der Waals surface area (Å²) in [5.74, 6) is -0.134. The monoisotopic (exact) mass is 335 g/mol. The number of nitriles is 1. The Labute approximate surface area is 144 Å². The van der Waals surface area contributed by atoms with Gasteiger partial charge >= 0.3 is 6.09 Å². The van der Waals surface area contributed by atoms with Crippen molar-refractivity contribution in [2.75, 3.05) is 6.54 Å². The van der Waals surface area contributed by atoms with Gasteiger partial charge in [-0.3, -0.25) is 4.79 Å². The van der Waals surface area contributed by atoms with Crippen molar-refractivity contribution in [3.8, 4) is 6.07 Å². The number of carbonyl (C=O) groups excluding carboxylic acids is 2. The molecular formula is C18H29N3O3. The third-order valence-corrected chi connectivity index (χ3v) is 4.95. The predicted octanol–water partition coefficient (Wildman–Crippen LogP) is 2.97. The van der Waals surface area contributed by atoms with Crippen LogP contribution in [0.25, 0.3) is 0 Å². The van der Waals surface area contributed by atoms with Crippen LogP contribution in [-0.2, 0) is 9.53 Å². The maximum Gasteiger partial charge on any atom is 0.410 e. The predicted molar refractivity (Wildman–Crippen MR) is 90.1 cm³/mol. The van der Waals surface area contributed by atoms with Crippen LogP contribution in [0.4, 0.5) is 4.79 Å². The summed E-state index contributed by atoms with van der Waals surface area (Å²) in [5, 5.41) is 12.5. The van der Waals surface area contributed by atoms with Gasteiger partial charge in [0.1, 0.15) is 11.0 Å². The van der Waals surface area contributed by atoms with Gasteiger partial charge in [-0.2, -0.15) is 5.26 Å². The highest BCUT2D eigenvalue weighted by molar-refractivity contribution is 5.86. The lowest BCUT2D eigenvalue weighted by Crippen LogP contribution is -2.53. The molecule has 1 heterocycles. The number of hydrogen-bond donors (Lipinski definition) is 1. The van der Waals surface area contributed by atoms with E-state index in [4.69, 9.17) is 4.74 Å². The Bertz CT molecular complexity index is 527. The lowest BCUT2D eigenvalue weighted by molar-refractivity contribution is -0.129. The van der Waals surface area contributed by atoms with Crippen molar-refractivity contribution < 1.29 is 14.3 Å². The molecular weight excluding hydrogens is 306 g/mol. The minimum absolute atomic E-state index is 0.000476. The average molecular weight is 335 g/mol.